The molecule has 1 fully saturated rings. The van der Waals surface area contributed by atoms with Gasteiger partial charge in [-0.05, 0) is 46.5 Å². The zero-order chi connectivity index (χ0) is 23.8. The quantitative estimate of drug-likeness (QED) is 0.434. The number of rotatable bonds is 3. The van der Waals surface area contributed by atoms with Crippen molar-refractivity contribution in [1.29, 1.82) is 0 Å². The molecular weight excluding hydrogens is 478 g/mol. The third-order valence-corrected chi connectivity index (χ3v) is 8.39. The van der Waals surface area contributed by atoms with Gasteiger partial charge in [-0.15, -0.1) is 23.2 Å². The van der Waals surface area contributed by atoms with E-state index in [9.17, 15) is 18.8 Å². The van der Waals surface area contributed by atoms with Crippen molar-refractivity contribution in [3.05, 3.63) is 101 Å². The van der Waals surface area contributed by atoms with Crippen molar-refractivity contribution < 1.29 is 18.8 Å². The summed E-state index contributed by atoms with van der Waals surface area (Å²) in [5.41, 5.74) is 3.15. The number of benzene rings is 3. The van der Waals surface area contributed by atoms with Crippen LogP contribution in [-0.4, -0.2) is 29.2 Å². The Labute approximate surface area is 204 Å². The van der Waals surface area contributed by atoms with Crippen molar-refractivity contribution in [2.45, 2.75) is 9.75 Å². The van der Waals surface area contributed by atoms with Crippen LogP contribution in [0.3, 0.4) is 0 Å². The molecule has 3 aromatic rings. The summed E-state index contributed by atoms with van der Waals surface area (Å²) < 4.78 is 13.2. The molecule has 1 aliphatic heterocycles. The summed E-state index contributed by atoms with van der Waals surface area (Å²) in [5, 5.41) is 2.59. The summed E-state index contributed by atoms with van der Waals surface area (Å²) in [6, 6.07) is 19.9. The molecular formula is C26H17Cl2FN2O3. The number of amides is 3. The highest BCUT2D eigenvalue weighted by molar-refractivity contribution is 6.36. The number of anilines is 1. The molecule has 170 valence electrons. The molecule has 2 atom stereocenters. The second-order valence-electron chi connectivity index (χ2n) is 8.79. The van der Waals surface area contributed by atoms with Crippen molar-refractivity contribution in [2.24, 2.45) is 11.8 Å². The van der Waals surface area contributed by atoms with E-state index >= 15 is 0 Å². The zero-order valence-corrected chi connectivity index (χ0v) is 19.1. The minimum absolute atomic E-state index is 0.352. The van der Waals surface area contributed by atoms with Crippen LogP contribution >= 0.6 is 23.2 Å². The maximum atomic E-state index is 13.7. The molecule has 1 N–H and O–H groups in total. The molecule has 3 amide bonds. The summed E-state index contributed by atoms with van der Waals surface area (Å²) in [6.07, 6.45) is 0. The average molecular weight is 495 g/mol. The lowest BCUT2D eigenvalue weighted by atomic mass is 9.54. The van der Waals surface area contributed by atoms with E-state index in [1.54, 1.807) is 0 Å². The van der Waals surface area contributed by atoms with Gasteiger partial charge in [0.2, 0.25) is 17.7 Å². The Hall–Kier alpha value is -3.22. The molecule has 34 heavy (non-hydrogen) atoms. The van der Waals surface area contributed by atoms with E-state index in [1.807, 2.05) is 48.5 Å². The van der Waals surface area contributed by atoms with Gasteiger partial charge in [-0.25, -0.2) is 4.39 Å². The molecule has 4 aliphatic rings. The topological polar surface area (TPSA) is 66.5 Å². The van der Waals surface area contributed by atoms with Gasteiger partial charge in [0.1, 0.15) is 22.1 Å². The molecule has 0 spiro atoms. The normalized spacial score (nSPS) is 28.4. The number of hydrogen-bond donors (Lipinski definition) is 1. The first-order valence-electron chi connectivity index (χ1n) is 10.8. The third-order valence-electron chi connectivity index (χ3n) is 7.11. The molecule has 0 unspecified atom stereocenters. The second-order valence-corrected chi connectivity index (χ2v) is 9.98. The number of nitrogens with zero attached hydrogens (tertiary/aromatic N) is 1. The molecule has 3 aromatic carbocycles. The van der Waals surface area contributed by atoms with E-state index in [4.69, 9.17) is 23.2 Å². The van der Waals surface area contributed by atoms with Crippen LogP contribution in [0.15, 0.2) is 72.8 Å². The first-order chi connectivity index (χ1) is 16.3. The van der Waals surface area contributed by atoms with Crippen LogP contribution in [0, 0.1) is 17.7 Å². The Morgan fingerprint density at radius 3 is 1.62 bits per heavy atom. The first kappa shape index (κ1) is 21.3. The maximum Gasteiger partial charge on any atom is 0.244 e. The zero-order valence-electron chi connectivity index (χ0n) is 17.6. The highest BCUT2D eigenvalue weighted by Gasteiger charge is 2.73. The molecule has 3 aliphatic carbocycles. The Kier molecular flexibility index (Phi) is 4.48. The molecule has 0 radical (unpaired) electrons. The summed E-state index contributed by atoms with van der Waals surface area (Å²) in [5.74, 6) is -4.00. The second kappa shape index (κ2) is 7.14. The number of alkyl halides is 2. The van der Waals surface area contributed by atoms with Crippen LogP contribution in [0.25, 0.3) is 0 Å². The van der Waals surface area contributed by atoms with E-state index in [1.165, 1.54) is 24.3 Å². The molecule has 1 saturated heterocycles. The van der Waals surface area contributed by atoms with Gasteiger partial charge in [0.15, 0.2) is 0 Å². The largest absolute Gasteiger partial charge is 0.325 e. The van der Waals surface area contributed by atoms with Crippen molar-refractivity contribution in [3.63, 3.8) is 0 Å². The van der Waals surface area contributed by atoms with Crippen LogP contribution in [0.2, 0.25) is 0 Å². The molecule has 1 heterocycles. The lowest BCUT2D eigenvalue weighted by Crippen LogP contribution is -2.57. The minimum Gasteiger partial charge on any atom is -0.325 e. The van der Waals surface area contributed by atoms with E-state index < -0.39 is 51.7 Å². The van der Waals surface area contributed by atoms with Crippen LogP contribution in [-0.2, 0) is 24.1 Å². The highest BCUT2D eigenvalue weighted by atomic mass is 35.5. The number of carbonyl (C=O) groups is 3. The van der Waals surface area contributed by atoms with Gasteiger partial charge >= 0.3 is 0 Å². The van der Waals surface area contributed by atoms with Gasteiger partial charge in [-0.3, -0.25) is 19.3 Å². The number of halogens is 3. The molecule has 8 heteroatoms. The Balaban J connectivity index is 1.42. The number of imide groups is 1. The lowest BCUT2D eigenvalue weighted by Gasteiger charge is -2.54. The fourth-order valence-corrected chi connectivity index (χ4v) is 6.86. The standard InChI is InChI=1S/C26H17Cl2FN2O3/c27-25-16-5-1-2-6-17(16)26(28,19-8-4-3-7-18(19)25)22-21(25)23(33)31(24(22)34)13-20(32)30-15-11-9-14(29)10-12-15/h1-12,21-22H,13H2,(H,30,32)/t21-,22+,25?,26?. The molecule has 7 rings (SSSR count). The number of carbonyl (C=O) groups excluding carboxylic acids is 3. The van der Waals surface area contributed by atoms with Crippen molar-refractivity contribution >= 4 is 46.6 Å². The number of hydrogen-bond acceptors (Lipinski definition) is 3. The van der Waals surface area contributed by atoms with E-state index in [0.29, 0.717) is 27.9 Å². The highest BCUT2D eigenvalue weighted by Crippen LogP contribution is 2.69. The van der Waals surface area contributed by atoms with Gasteiger partial charge in [0.05, 0.1) is 11.8 Å². The Morgan fingerprint density at radius 1 is 0.794 bits per heavy atom. The summed E-state index contributed by atoms with van der Waals surface area (Å²) in [7, 11) is 0. The SMILES string of the molecule is O=C(CN1C(=O)[C@@H]2[C@H](C1=O)C1(Cl)c3ccccc3C2(Cl)c2ccccc21)Nc1ccc(F)cc1. The van der Waals surface area contributed by atoms with Gasteiger partial charge < -0.3 is 5.32 Å². The lowest BCUT2D eigenvalue weighted by molar-refractivity contribution is -0.142. The van der Waals surface area contributed by atoms with E-state index in [-0.39, 0.29) is 0 Å². The van der Waals surface area contributed by atoms with E-state index in [0.717, 1.165) is 4.90 Å². The predicted octanol–water partition coefficient (Wildman–Crippen LogP) is 4.36. The fraction of sp³-hybridized carbons (Fsp3) is 0.192. The number of likely N-dealkylation sites (tertiary alicyclic amines) is 1. The molecule has 0 aromatic heterocycles. The van der Waals surface area contributed by atoms with Gasteiger partial charge in [-0.2, -0.15) is 0 Å². The Bertz CT molecular complexity index is 1270. The predicted molar refractivity (Wildman–Crippen MR) is 125 cm³/mol. The number of nitrogens with one attached hydrogen (secondary N) is 1. The average Bonchev–Trinajstić information content (AvgIpc) is 3.10. The van der Waals surface area contributed by atoms with Crippen LogP contribution in [0.1, 0.15) is 22.3 Å². The van der Waals surface area contributed by atoms with Crippen molar-refractivity contribution in [1.82, 2.24) is 4.90 Å². The van der Waals surface area contributed by atoms with Crippen LogP contribution in [0.4, 0.5) is 10.1 Å². The van der Waals surface area contributed by atoms with Crippen LogP contribution in [0.5, 0.6) is 0 Å². The molecule has 0 saturated carbocycles. The molecule has 5 nitrogen and oxygen atoms in total. The summed E-state index contributed by atoms with van der Waals surface area (Å²) >= 11 is 14.7. The smallest absolute Gasteiger partial charge is 0.244 e. The third kappa shape index (κ3) is 2.58. The minimum atomic E-state index is -1.29. The molecule has 2 bridgehead atoms. The van der Waals surface area contributed by atoms with Crippen molar-refractivity contribution in [3.8, 4) is 0 Å². The summed E-state index contributed by atoms with van der Waals surface area (Å²) in [6.45, 7) is -0.491. The fourth-order valence-electron chi connectivity index (χ4n) is 5.76. The van der Waals surface area contributed by atoms with Gasteiger partial charge in [0.25, 0.3) is 0 Å². The van der Waals surface area contributed by atoms with Gasteiger partial charge in [-0.1, -0.05) is 48.5 Å². The van der Waals surface area contributed by atoms with E-state index in [2.05, 4.69) is 5.32 Å². The van der Waals surface area contributed by atoms with Crippen LogP contribution < -0.4 is 5.32 Å². The maximum absolute atomic E-state index is 13.7. The van der Waals surface area contributed by atoms with Crippen molar-refractivity contribution in [2.75, 3.05) is 11.9 Å². The monoisotopic (exact) mass is 494 g/mol. The Morgan fingerprint density at radius 2 is 1.21 bits per heavy atom. The summed E-state index contributed by atoms with van der Waals surface area (Å²) in [4.78, 5) is 38.4. The van der Waals surface area contributed by atoms with Gasteiger partial charge in [0, 0.05) is 5.69 Å². The first-order valence-corrected chi connectivity index (χ1v) is 11.5.